The summed E-state index contributed by atoms with van der Waals surface area (Å²) in [5, 5.41) is 1.13. The van der Waals surface area contributed by atoms with Crippen LogP contribution < -0.4 is 0 Å². The number of carbonyl (C=O) groups is 1. The van der Waals surface area contributed by atoms with Crippen LogP contribution in [0.1, 0.15) is 15.9 Å². The van der Waals surface area contributed by atoms with Crippen LogP contribution in [-0.4, -0.2) is 5.78 Å². The molecule has 3 heteroatoms. The lowest BCUT2D eigenvalue weighted by atomic mass is 10.1. The molecule has 0 atom stereocenters. The van der Waals surface area contributed by atoms with Crippen molar-refractivity contribution in [2.24, 2.45) is 0 Å². The minimum atomic E-state index is -0.115. The molecule has 0 aliphatic carbocycles. The maximum Gasteiger partial charge on any atom is 0.187 e. The number of allylic oxidation sites excluding steroid dienone is 1. The maximum atomic E-state index is 11.9. The number of carbonyl (C=O) groups excluding carboxylic acids is 1. The first-order valence-corrected chi connectivity index (χ1v) is 6.15. The van der Waals surface area contributed by atoms with Crippen molar-refractivity contribution < 1.29 is 4.79 Å². The zero-order chi connectivity index (χ0) is 13.0. The quantitative estimate of drug-likeness (QED) is 0.576. The highest BCUT2D eigenvalue weighted by molar-refractivity contribution is 6.34. The van der Waals surface area contributed by atoms with Crippen LogP contribution >= 0.6 is 23.2 Å². The smallest absolute Gasteiger partial charge is 0.187 e. The molecule has 0 unspecified atom stereocenters. The first-order chi connectivity index (χ1) is 8.66. The Balaban J connectivity index is 2.17. The van der Waals surface area contributed by atoms with E-state index in [1.165, 1.54) is 6.08 Å². The number of benzene rings is 2. The molecule has 2 rings (SSSR count). The fourth-order valence-electron chi connectivity index (χ4n) is 1.50. The zero-order valence-electron chi connectivity index (χ0n) is 9.44. The Hall–Kier alpha value is -1.57. The van der Waals surface area contributed by atoms with Crippen molar-refractivity contribution in [1.29, 1.82) is 0 Å². The minimum Gasteiger partial charge on any atom is -0.289 e. The van der Waals surface area contributed by atoms with E-state index in [0.717, 1.165) is 5.56 Å². The second kappa shape index (κ2) is 5.85. The van der Waals surface area contributed by atoms with E-state index in [4.69, 9.17) is 23.2 Å². The van der Waals surface area contributed by atoms with Gasteiger partial charge in [-0.15, -0.1) is 0 Å². The molecule has 2 aromatic carbocycles. The number of ketones is 1. The standard InChI is InChI=1S/C15H10Cl2O/c16-12-8-5-11(6-9-12)7-10-15(18)13-3-1-2-4-14(13)17/h1-10H. The van der Waals surface area contributed by atoms with E-state index in [9.17, 15) is 4.79 Å². The Morgan fingerprint density at radius 1 is 0.944 bits per heavy atom. The van der Waals surface area contributed by atoms with E-state index in [1.807, 2.05) is 12.1 Å². The Morgan fingerprint density at radius 3 is 2.28 bits per heavy atom. The second-order valence-electron chi connectivity index (χ2n) is 3.73. The molecular formula is C15H10Cl2O. The van der Waals surface area contributed by atoms with Gasteiger partial charge < -0.3 is 0 Å². The van der Waals surface area contributed by atoms with Crippen molar-refractivity contribution in [1.82, 2.24) is 0 Å². The van der Waals surface area contributed by atoms with Gasteiger partial charge in [0.1, 0.15) is 0 Å². The minimum absolute atomic E-state index is 0.115. The third-order valence-electron chi connectivity index (χ3n) is 2.44. The van der Waals surface area contributed by atoms with Gasteiger partial charge in [-0.1, -0.05) is 53.5 Å². The molecule has 0 aliphatic rings. The third kappa shape index (κ3) is 3.22. The summed E-state index contributed by atoms with van der Waals surface area (Å²) in [5.74, 6) is -0.115. The molecule has 1 nitrogen and oxygen atoms in total. The molecule has 0 spiro atoms. The van der Waals surface area contributed by atoms with Gasteiger partial charge in [-0.05, 0) is 35.9 Å². The molecule has 90 valence electrons. The molecule has 0 fully saturated rings. The van der Waals surface area contributed by atoms with Crippen molar-refractivity contribution in [2.45, 2.75) is 0 Å². The Morgan fingerprint density at radius 2 is 1.61 bits per heavy atom. The van der Waals surface area contributed by atoms with Crippen molar-refractivity contribution in [2.75, 3.05) is 0 Å². The third-order valence-corrected chi connectivity index (χ3v) is 3.02. The zero-order valence-corrected chi connectivity index (χ0v) is 10.9. The average Bonchev–Trinajstić information content (AvgIpc) is 2.38. The molecule has 0 bridgehead atoms. The highest BCUT2D eigenvalue weighted by Gasteiger charge is 2.05. The Kier molecular flexibility index (Phi) is 4.19. The Bertz CT molecular complexity index is 586. The predicted molar refractivity (Wildman–Crippen MR) is 76.3 cm³/mol. The van der Waals surface area contributed by atoms with Gasteiger partial charge in [0.15, 0.2) is 5.78 Å². The first-order valence-electron chi connectivity index (χ1n) is 5.39. The van der Waals surface area contributed by atoms with Crippen LogP contribution in [0, 0.1) is 0 Å². The number of hydrogen-bond donors (Lipinski definition) is 0. The molecular weight excluding hydrogens is 267 g/mol. The van der Waals surface area contributed by atoms with Crippen molar-refractivity contribution >= 4 is 35.1 Å². The largest absolute Gasteiger partial charge is 0.289 e. The SMILES string of the molecule is O=C(C=Cc1ccc(Cl)cc1)c1ccccc1Cl. The molecule has 0 amide bonds. The number of halogens is 2. The monoisotopic (exact) mass is 276 g/mol. The molecule has 0 N–H and O–H groups in total. The van der Waals surface area contributed by atoms with Gasteiger partial charge in [-0.25, -0.2) is 0 Å². The summed E-state index contributed by atoms with van der Waals surface area (Å²) in [7, 11) is 0. The van der Waals surface area contributed by atoms with Gasteiger partial charge in [0.05, 0.1) is 5.02 Å². The molecule has 2 aromatic rings. The molecule has 0 aliphatic heterocycles. The molecule has 0 saturated carbocycles. The van der Waals surface area contributed by atoms with Crippen LogP contribution in [0.5, 0.6) is 0 Å². The van der Waals surface area contributed by atoms with Crippen LogP contribution in [0.15, 0.2) is 54.6 Å². The molecule has 18 heavy (non-hydrogen) atoms. The van der Waals surface area contributed by atoms with E-state index < -0.39 is 0 Å². The van der Waals surface area contributed by atoms with Crippen LogP contribution in [0.3, 0.4) is 0 Å². The lowest BCUT2D eigenvalue weighted by Crippen LogP contribution is -1.94. The second-order valence-corrected chi connectivity index (χ2v) is 4.57. The van der Waals surface area contributed by atoms with Gasteiger partial charge in [0.25, 0.3) is 0 Å². The maximum absolute atomic E-state index is 11.9. The summed E-state index contributed by atoms with van der Waals surface area (Å²) in [6.07, 6.45) is 3.24. The molecule has 0 saturated heterocycles. The fraction of sp³-hybridized carbons (Fsp3) is 0. The summed E-state index contributed by atoms with van der Waals surface area (Å²) in [6.45, 7) is 0. The van der Waals surface area contributed by atoms with Gasteiger partial charge in [0.2, 0.25) is 0 Å². The van der Waals surface area contributed by atoms with Crippen molar-refractivity contribution in [3.05, 3.63) is 75.8 Å². The van der Waals surface area contributed by atoms with Gasteiger partial charge in [0, 0.05) is 10.6 Å². The van der Waals surface area contributed by atoms with Crippen LogP contribution in [0.4, 0.5) is 0 Å². The average molecular weight is 277 g/mol. The summed E-state index contributed by atoms with van der Waals surface area (Å²) < 4.78 is 0. The topological polar surface area (TPSA) is 17.1 Å². The summed E-state index contributed by atoms with van der Waals surface area (Å²) in [4.78, 5) is 11.9. The molecule has 0 heterocycles. The van der Waals surface area contributed by atoms with Crippen LogP contribution in [0.2, 0.25) is 10.0 Å². The summed E-state index contributed by atoms with van der Waals surface area (Å²) in [5.41, 5.74) is 1.42. The number of hydrogen-bond acceptors (Lipinski definition) is 1. The van der Waals surface area contributed by atoms with E-state index in [-0.39, 0.29) is 5.78 Å². The lowest BCUT2D eigenvalue weighted by Gasteiger charge is -1.98. The summed E-state index contributed by atoms with van der Waals surface area (Å²) in [6, 6.07) is 14.2. The number of rotatable bonds is 3. The van der Waals surface area contributed by atoms with E-state index in [1.54, 1.807) is 42.5 Å². The molecule has 0 aromatic heterocycles. The normalized spacial score (nSPS) is 10.8. The van der Waals surface area contributed by atoms with Crippen molar-refractivity contribution in [3.8, 4) is 0 Å². The lowest BCUT2D eigenvalue weighted by molar-refractivity contribution is 0.104. The Labute approximate surface area is 116 Å². The van der Waals surface area contributed by atoms with Crippen LogP contribution in [-0.2, 0) is 0 Å². The predicted octanol–water partition coefficient (Wildman–Crippen LogP) is 4.89. The molecule has 0 radical (unpaired) electrons. The summed E-state index contributed by atoms with van der Waals surface area (Å²) >= 11 is 11.7. The van der Waals surface area contributed by atoms with Crippen LogP contribution in [0.25, 0.3) is 6.08 Å². The van der Waals surface area contributed by atoms with E-state index in [2.05, 4.69) is 0 Å². The van der Waals surface area contributed by atoms with E-state index in [0.29, 0.717) is 15.6 Å². The van der Waals surface area contributed by atoms with Gasteiger partial charge in [-0.2, -0.15) is 0 Å². The van der Waals surface area contributed by atoms with Crippen molar-refractivity contribution in [3.63, 3.8) is 0 Å². The van der Waals surface area contributed by atoms with E-state index >= 15 is 0 Å². The highest BCUT2D eigenvalue weighted by atomic mass is 35.5. The highest BCUT2D eigenvalue weighted by Crippen LogP contribution is 2.17. The van der Waals surface area contributed by atoms with Gasteiger partial charge >= 0.3 is 0 Å². The van der Waals surface area contributed by atoms with Gasteiger partial charge in [-0.3, -0.25) is 4.79 Å². The first kappa shape index (κ1) is 12.9. The fourth-order valence-corrected chi connectivity index (χ4v) is 1.85.